The summed E-state index contributed by atoms with van der Waals surface area (Å²) in [6, 6.07) is 8.76. The van der Waals surface area contributed by atoms with E-state index in [-0.39, 0.29) is 5.91 Å². The molecule has 0 saturated carbocycles. The number of benzene rings is 1. The highest BCUT2D eigenvalue weighted by Gasteiger charge is 2.10. The van der Waals surface area contributed by atoms with E-state index in [2.05, 4.69) is 31.5 Å². The Labute approximate surface area is 130 Å². The fraction of sp³-hybridized carbons (Fsp3) is 0.143. The topological polar surface area (TPSA) is 54.0 Å². The molecule has 2 N–H and O–H groups in total. The van der Waals surface area contributed by atoms with Crippen LogP contribution in [0.2, 0.25) is 5.02 Å². The number of halogens is 2. The third-order valence-corrected chi connectivity index (χ3v) is 3.97. The summed E-state index contributed by atoms with van der Waals surface area (Å²) in [6.07, 6.45) is 1.63. The predicted molar refractivity (Wildman–Crippen MR) is 85.5 cm³/mol. The van der Waals surface area contributed by atoms with Crippen molar-refractivity contribution in [2.45, 2.75) is 6.92 Å². The van der Waals surface area contributed by atoms with Gasteiger partial charge in [-0.25, -0.2) is 4.98 Å². The van der Waals surface area contributed by atoms with Gasteiger partial charge < -0.3 is 10.6 Å². The molecule has 0 radical (unpaired) electrons. The van der Waals surface area contributed by atoms with Gasteiger partial charge >= 0.3 is 0 Å². The summed E-state index contributed by atoms with van der Waals surface area (Å²) in [6.45, 7) is 2.81. The number of amides is 1. The molecule has 0 aliphatic carbocycles. The van der Waals surface area contributed by atoms with Gasteiger partial charge in [0.05, 0.1) is 27.1 Å². The Balaban J connectivity index is 2.13. The normalized spacial score (nSPS) is 10.2. The van der Waals surface area contributed by atoms with E-state index in [4.69, 9.17) is 11.6 Å². The molecule has 1 heterocycles. The van der Waals surface area contributed by atoms with Crippen molar-refractivity contribution in [3.8, 4) is 0 Å². The molecule has 2 aromatic rings. The molecule has 6 heteroatoms. The second-order valence-corrected chi connectivity index (χ2v) is 5.22. The number of pyridine rings is 1. The molecular weight excluding hydrogens is 342 g/mol. The summed E-state index contributed by atoms with van der Waals surface area (Å²) < 4.78 is 0.652. The maximum atomic E-state index is 12.1. The van der Waals surface area contributed by atoms with Gasteiger partial charge in [0.1, 0.15) is 5.69 Å². The average Bonchev–Trinajstić information content (AvgIpc) is 2.45. The lowest BCUT2D eigenvalue weighted by molar-refractivity contribution is 0.102. The molecule has 0 spiro atoms. The molecule has 4 nitrogen and oxygen atoms in total. The van der Waals surface area contributed by atoms with Gasteiger partial charge in [-0.2, -0.15) is 0 Å². The summed E-state index contributed by atoms with van der Waals surface area (Å²) in [7, 11) is 0. The highest BCUT2D eigenvalue weighted by atomic mass is 79.9. The van der Waals surface area contributed by atoms with Crippen molar-refractivity contribution in [2.24, 2.45) is 0 Å². The van der Waals surface area contributed by atoms with Crippen LogP contribution in [0.15, 0.2) is 41.0 Å². The number of nitrogens with zero attached hydrogens (tertiary/aromatic N) is 1. The number of hydrogen-bond acceptors (Lipinski definition) is 3. The van der Waals surface area contributed by atoms with Crippen LogP contribution in [0.3, 0.4) is 0 Å². The van der Waals surface area contributed by atoms with Gasteiger partial charge in [0.15, 0.2) is 0 Å². The Bertz CT molecular complexity index is 616. The summed E-state index contributed by atoms with van der Waals surface area (Å²) in [5, 5.41) is 6.43. The van der Waals surface area contributed by atoms with Crippen LogP contribution in [0.25, 0.3) is 0 Å². The Morgan fingerprint density at radius 1 is 1.35 bits per heavy atom. The van der Waals surface area contributed by atoms with Gasteiger partial charge in [0.2, 0.25) is 0 Å². The minimum Gasteiger partial charge on any atom is -0.384 e. The van der Waals surface area contributed by atoms with Crippen LogP contribution in [0.1, 0.15) is 17.4 Å². The van der Waals surface area contributed by atoms with Gasteiger partial charge in [-0.15, -0.1) is 0 Å². The van der Waals surface area contributed by atoms with E-state index in [0.717, 1.165) is 12.2 Å². The number of carbonyl (C=O) groups is 1. The zero-order valence-electron chi connectivity index (χ0n) is 10.8. The van der Waals surface area contributed by atoms with Crippen molar-refractivity contribution in [1.29, 1.82) is 0 Å². The molecule has 1 aromatic heterocycles. The van der Waals surface area contributed by atoms with E-state index in [9.17, 15) is 4.79 Å². The lowest BCUT2D eigenvalue weighted by Gasteiger charge is -2.08. The Morgan fingerprint density at radius 3 is 2.80 bits per heavy atom. The van der Waals surface area contributed by atoms with Gasteiger partial charge in [-0.1, -0.05) is 17.7 Å². The van der Waals surface area contributed by atoms with E-state index < -0.39 is 0 Å². The molecule has 0 aliphatic heterocycles. The van der Waals surface area contributed by atoms with Gasteiger partial charge in [-0.3, -0.25) is 4.79 Å². The number of carbonyl (C=O) groups excluding carboxylic acids is 1. The van der Waals surface area contributed by atoms with E-state index in [1.165, 1.54) is 0 Å². The van der Waals surface area contributed by atoms with E-state index in [1.807, 2.05) is 13.0 Å². The molecule has 20 heavy (non-hydrogen) atoms. The molecule has 1 amide bonds. The molecule has 0 saturated heterocycles. The van der Waals surface area contributed by atoms with Crippen molar-refractivity contribution in [3.05, 3.63) is 51.7 Å². The second-order valence-electron chi connectivity index (χ2n) is 4.02. The Kier molecular flexibility index (Phi) is 4.98. The zero-order valence-corrected chi connectivity index (χ0v) is 13.1. The smallest absolute Gasteiger partial charge is 0.274 e. The van der Waals surface area contributed by atoms with Crippen LogP contribution in [0.4, 0.5) is 11.4 Å². The van der Waals surface area contributed by atoms with Crippen LogP contribution in [-0.4, -0.2) is 17.4 Å². The largest absolute Gasteiger partial charge is 0.384 e. The maximum Gasteiger partial charge on any atom is 0.274 e. The number of anilines is 2. The fourth-order valence-corrected chi connectivity index (χ4v) is 2.16. The lowest BCUT2D eigenvalue weighted by atomic mass is 10.3. The predicted octanol–water partition coefficient (Wildman–Crippen LogP) is 4.18. The third kappa shape index (κ3) is 3.49. The molecular formula is C14H13BrClN3O. The number of aromatic nitrogens is 1. The molecule has 0 fully saturated rings. The monoisotopic (exact) mass is 353 g/mol. The molecule has 0 atom stereocenters. The first-order valence-electron chi connectivity index (χ1n) is 6.07. The van der Waals surface area contributed by atoms with Crippen molar-refractivity contribution < 1.29 is 4.79 Å². The Hall–Kier alpha value is -1.59. The molecule has 0 aliphatic rings. The number of hydrogen-bond donors (Lipinski definition) is 2. The van der Waals surface area contributed by atoms with Crippen LogP contribution < -0.4 is 10.6 Å². The average molecular weight is 355 g/mol. The van der Waals surface area contributed by atoms with Crippen LogP contribution in [0.5, 0.6) is 0 Å². The standard InChI is InChI=1S/C14H13BrClN3O/c1-2-17-9-6-7-12(18-8-9)14(20)19-11-5-3-4-10(16)13(11)15/h3-8,17H,2H2,1H3,(H,19,20). The summed E-state index contributed by atoms with van der Waals surface area (Å²) in [5.41, 5.74) is 1.84. The molecule has 104 valence electrons. The maximum absolute atomic E-state index is 12.1. The number of nitrogens with one attached hydrogen (secondary N) is 2. The van der Waals surface area contributed by atoms with E-state index >= 15 is 0 Å². The van der Waals surface area contributed by atoms with Crippen molar-refractivity contribution >= 4 is 44.8 Å². The quantitative estimate of drug-likeness (QED) is 0.866. The molecule has 2 rings (SSSR count). The van der Waals surface area contributed by atoms with Crippen molar-refractivity contribution in [1.82, 2.24) is 4.98 Å². The van der Waals surface area contributed by atoms with Gasteiger partial charge in [0.25, 0.3) is 5.91 Å². The first-order chi connectivity index (χ1) is 9.61. The summed E-state index contributed by atoms with van der Waals surface area (Å²) in [4.78, 5) is 16.2. The van der Waals surface area contributed by atoms with E-state index in [1.54, 1.807) is 30.5 Å². The SMILES string of the molecule is CCNc1ccc(C(=O)Nc2cccc(Cl)c2Br)nc1. The van der Waals surface area contributed by atoms with Crippen LogP contribution in [-0.2, 0) is 0 Å². The van der Waals surface area contributed by atoms with Crippen LogP contribution >= 0.6 is 27.5 Å². The van der Waals surface area contributed by atoms with Gasteiger partial charge in [-0.05, 0) is 47.1 Å². The summed E-state index contributed by atoms with van der Waals surface area (Å²) in [5.74, 6) is -0.281. The second kappa shape index (κ2) is 6.72. The first-order valence-corrected chi connectivity index (χ1v) is 7.24. The first kappa shape index (κ1) is 14.8. The van der Waals surface area contributed by atoms with Crippen molar-refractivity contribution in [2.75, 3.05) is 17.2 Å². The van der Waals surface area contributed by atoms with E-state index in [0.29, 0.717) is 20.9 Å². The summed E-state index contributed by atoms with van der Waals surface area (Å²) >= 11 is 9.31. The molecule has 0 unspecified atom stereocenters. The highest BCUT2D eigenvalue weighted by Crippen LogP contribution is 2.30. The van der Waals surface area contributed by atoms with Crippen LogP contribution in [0, 0.1) is 0 Å². The molecule has 1 aromatic carbocycles. The molecule has 0 bridgehead atoms. The third-order valence-electron chi connectivity index (χ3n) is 2.58. The lowest BCUT2D eigenvalue weighted by Crippen LogP contribution is -2.14. The fourth-order valence-electron chi connectivity index (χ4n) is 1.62. The zero-order chi connectivity index (χ0) is 14.5. The van der Waals surface area contributed by atoms with Gasteiger partial charge in [0, 0.05) is 6.54 Å². The highest BCUT2D eigenvalue weighted by molar-refractivity contribution is 9.10. The Morgan fingerprint density at radius 2 is 2.15 bits per heavy atom. The minimum atomic E-state index is -0.281. The number of rotatable bonds is 4. The minimum absolute atomic E-state index is 0.281. The van der Waals surface area contributed by atoms with Crippen molar-refractivity contribution in [3.63, 3.8) is 0 Å².